The van der Waals surface area contributed by atoms with Crippen molar-refractivity contribution < 1.29 is 9.59 Å². The van der Waals surface area contributed by atoms with Crippen LogP contribution in [-0.2, 0) is 29.0 Å². The molecule has 3 rings (SSSR count). The minimum atomic E-state index is -0.596. The third kappa shape index (κ3) is 6.30. The molecule has 0 saturated heterocycles. The smallest absolute Gasteiger partial charge is 0.242 e. The largest absolute Gasteiger partial charge is 0.357 e. The molecule has 1 N–H and O–H groups in total. The summed E-state index contributed by atoms with van der Waals surface area (Å²) in [6.07, 6.45) is 0.724. The lowest BCUT2D eigenvalue weighted by Gasteiger charge is -2.31. The third-order valence-electron chi connectivity index (χ3n) is 5.59. The number of benzene rings is 3. The first-order valence-corrected chi connectivity index (χ1v) is 11.0. The molecule has 2 amide bonds. The van der Waals surface area contributed by atoms with Crippen molar-refractivity contribution in [2.75, 3.05) is 7.05 Å². The van der Waals surface area contributed by atoms with Gasteiger partial charge in [-0.3, -0.25) is 9.59 Å². The molecule has 4 nitrogen and oxygen atoms in total. The fraction of sp³-hybridized carbons (Fsp3) is 0.286. The lowest BCUT2D eigenvalue weighted by atomic mass is 10.00. The first-order chi connectivity index (χ1) is 15.4. The maximum absolute atomic E-state index is 13.6. The summed E-state index contributed by atoms with van der Waals surface area (Å²) in [5.41, 5.74) is 6.39. The highest BCUT2D eigenvalue weighted by Gasteiger charge is 2.29. The molecule has 0 aliphatic rings. The lowest BCUT2D eigenvalue weighted by molar-refractivity contribution is -0.140. The topological polar surface area (TPSA) is 49.4 Å². The van der Waals surface area contributed by atoms with Crippen LogP contribution in [0.5, 0.6) is 0 Å². The summed E-state index contributed by atoms with van der Waals surface area (Å²) in [4.78, 5) is 28.3. The maximum Gasteiger partial charge on any atom is 0.242 e. The molecular weight excluding hydrogens is 396 g/mol. The Morgan fingerprint density at radius 1 is 0.781 bits per heavy atom. The van der Waals surface area contributed by atoms with Crippen molar-refractivity contribution in [2.45, 2.75) is 46.2 Å². The zero-order chi connectivity index (χ0) is 23.1. The minimum Gasteiger partial charge on any atom is -0.357 e. The van der Waals surface area contributed by atoms with E-state index in [1.165, 1.54) is 0 Å². The van der Waals surface area contributed by atoms with E-state index in [-0.39, 0.29) is 18.2 Å². The zero-order valence-corrected chi connectivity index (χ0v) is 19.4. The summed E-state index contributed by atoms with van der Waals surface area (Å²) in [7, 11) is 1.62. The van der Waals surface area contributed by atoms with E-state index in [1.54, 1.807) is 11.9 Å². The summed E-state index contributed by atoms with van der Waals surface area (Å²) >= 11 is 0. The fourth-order valence-corrected chi connectivity index (χ4v) is 4.17. The van der Waals surface area contributed by atoms with Crippen LogP contribution in [0.3, 0.4) is 0 Å². The Kier molecular flexibility index (Phi) is 7.82. The van der Waals surface area contributed by atoms with Crippen LogP contribution >= 0.6 is 0 Å². The van der Waals surface area contributed by atoms with Gasteiger partial charge in [-0.1, -0.05) is 89.5 Å². The summed E-state index contributed by atoms with van der Waals surface area (Å²) < 4.78 is 0. The van der Waals surface area contributed by atoms with Crippen LogP contribution in [0.4, 0.5) is 0 Å². The SMILES string of the molecule is CNC(=O)[C@@H](Cc1ccccc1)N(Cc1cccc(C)c1)C(=O)Cc1cc(C)cc(C)c1. The van der Waals surface area contributed by atoms with Crippen molar-refractivity contribution in [1.82, 2.24) is 10.2 Å². The molecule has 1 atom stereocenters. The average Bonchev–Trinajstić information content (AvgIpc) is 2.75. The van der Waals surface area contributed by atoms with Crippen molar-refractivity contribution in [1.29, 1.82) is 0 Å². The standard InChI is InChI=1S/C28H32N2O2/c1-20-9-8-12-24(14-20)19-30(27(31)18-25-15-21(2)13-22(3)16-25)26(28(32)29-4)17-23-10-6-5-7-11-23/h5-16,26H,17-19H2,1-4H3,(H,29,32)/t26-/m1/s1. The van der Waals surface area contributed by atoms with Crippen molar-refractivity contribution in [3.8, 4) is 0 Å². The number of carbonyl (C=O) groups excluding carboxylic acids is 2. The second-order valence-electron chi connectivity index (χ2n) is 8.50. The molecule has 0 spiro atoms. The molecule has 3 aromatic carbocycles. The molecule has 0 aliphatic carbocycles. The maximum atomic E-state index is 13.6. The van der Waals surface area contributed by atoms with Crippen LogP contribution in [0.2, 0.25) is 0 Å². The normalized spacial score (nSPS) is 11.6. The molecule has 0 saturated carbocycles. The fourth-order valence-electron chi connectivity index (χ4n) is 4.17. The summed E-state index contributed by atoms with van der Waals surface area (Å²) in [6, 6.07) is 23.5. The molecule has 0 aromatic heterocycles. The number of hydrogen-bond donors (Lipinski definition) is 1. The predicted molar refractivity (Wildman–Crippen MR) is 129 cm³/mol. The van der Waals surface area contributed by atoms with E-state index in [2.05, 4.69) is 17.4 Å². The van der Waals surface area contributed by atoms with E-state index in [0.717, 1.165) is 33.4 Å². The van der Waals surface area contributed by atoms with Gasteiger partial charge in [0.15, 0.2) is 0 Å². The van der Waals surface area contributed by atoms with Gasteiger partial charge < -0.3 is 10.2 Å². The molecule has 0 fully saturated rings. The zero-order valence-electron chi connectivity index (χ0n) is 19.4. The quantitative estimate of drug-likeness (QED) is 0.573. The average molecular weight is 429 g/mol. The Hall–Kier alpha value is -3.40. The molecule has 166 valence electrons. The predicted octanol–water partition coefficient (Wildman–Crippen LogP) is 4.54. The summed E-state index contributed by atoms with van der Waals surface area (Å²) in [5.74, 6) is -0.212. The molecule has 32 heavy (non-hydrogen) atoms. The number of hydrogen-bond acceptors (Lipinski definition) is 2. The van der Waals surface area contributed by atoms with Gasteiger partial charge in [0.25, 0.3) is 0 Å². The lowest BCUT2D eigenvalue weighted by Crippen LogP contribution is -2.50. The van der Waals surface area contributed by atoms with Crippen molar-refractivity contribution in [3.63, 3.8) is 0 Å². The van der Waals surface area contributed by atoms with E-state index in [4.69, 9.17) is 0 Å². The van der Waals surface area contributed by atoms with Gasteiger partial charge in [0.1, 0.15) is 6.04 Å². The van der Waals surface area contributed by atoms with Crippen LogP contribution in [-0.4, -0.2) is 29.8 Å². The Balaban J connectivity index is 1.96. The number of nitrogens with zero attached hydrogens (tertiary/aromatic N) is 1. The second kappa shape index (κ2) is 10.8. The number of likely N-dealkylation sites (N-methyl/N-ethyl adjacent to an activating group) is 1. The molecule has 0 heterocycles. The molecule has 0 radical (unpaired) electrons. The van der Waals surface area contributed by atoms with Crippen molar-refractivity contribution in [3.05, 3.63) is 106 Å². The molecule has 0 unspecified atom stereocenters. The molecular formula is C28H32N2O2. The van der Waals surface area contributed by atoms with Gasteiger partial charge in [-0.2, -0.15) is 0 Å². The van der Waals surface area contributed by atoms with Crippen LogP contribution in [0.25, 0.3) is 0 Å². The van der Waals surface area contributed by atoms with Crippen LogP contribution in [0.1, 0.15) is 33.4 Å². The minimum absolute atomic E-state index is 0.0546. The van der Waals surface area contributed by atoms with Crippen LogP contribution < -0.4 is 5.32 Å². The molecule has 0 aliphatic heterocycles. The van der Waals surface area contributed by atoms with Crippen molar-refractivity contribution >= 4 is 11.8 Å². The Bertz CT molecular complexity index is 1060. The molecule has 3 aromatic rings. The van der Waals surface area contributed by atoms with E-state index in [0.29, 0.717) is 13.0 Å². The van der Waals surface area contributed by atoms with Gasteiger partial charge in [-0.15, -0.1) is 0 Å². The second-order valence-corrected chi connectivity index (χ2v) is 8.50. The van der Waals surface area contributed by atoms with Gasteiger partial charge in [0.2, 0.25) is 11.8 Å². The Morgan fingerprint density at radius 3 is 2.03 bits per heavy atom. The highest BCUT2D eigenvalue weighted by molar-refractivity contribution is 5.88. The number of nitrogens with one attached hydrogen (secondary N) is 1. The van der Waals surface area contributed by atoms with Gasteiger partial charge in [0, 0.05) is 20.0 Å². The third-order valence-corrected chi connectivity index (χ3v) is 5.59. The van der Waals surface area contributed by atoms with Gasteiger partial charge in [0.05, 0.1) is 6.42 Å². The summed E-state index contributed by atoms with van der Waals surface area (Å²) in [6.45, 7) is 6.49. The Morgan fingerprint density at radius 2 is 1.41 bits per heavy atom. The van der Waals surface area contributed by atoms with E-state index in [1.807, 2.05) is 81.4 Å². The van der Waals surface area contributed by atoms with E-state index in [9.17, 15) is 9.59 Å². The first kappa shape index (κ1) is 23.3. The monoisotopic (exact) mass is 428 g/mol. The highest BCUT2D eigenvalue weighted by Crippen LogP contribution is 2.18. The Labute approximate surface area is 191 Å². The van der Waals surface area contributed by atoms with Crippen LogP contribution in [0, 0.1) is 20.8 Å². The first-order valence-electron chi connectivity index (χ1n) is 11.0. The number of carbonyl (C=O) groups is 2. The summed E-state index contributed by atoms with van der Waals surface area (Å²) in [5, 5.41) is 2.77. The van der Waals surface area contributed by atoms with Gasteiger partial charge in [-0.25, -0.2) is 0 Å². The van der Waals surface area contributed by atoms with Gasteiger partial charge >= 0.3 is 0 Å². The van der Waals surface area contributed by atoms with E-state index < -0.39 is 6.04 Å². The number of aryl methyl sites for hydroxylation is 3. The molecule has 4 heteroatoms. The van der Waals surface area contributed by atoms with E-state index >= 15 is 0 Å². The highest BCUT2D eigenvalue weighted by atomic mass is 16.2. The number of rotatable bonds is 8. The molecule has 0 bridgehead atoms. The van der Waals surface area contributed by atoms with Crippen LogP contribution in [0.15, 0.2) is 72.8 Å². The van der Waals surface area contributed by atoms with Crippen molar-refractivity contribution in [2.24, 2.45) is 0 Å². The number of amides is 2. The van der Waals surface area contributed by atoms with Gasteiger partial charge in [-0.05, 0) is 37.5 Å².